The topological polar surface area (TPSA) is 78.9 Å². The number of anilines is 1. The predicted molar refractivity (Wildman–Crippen MR) is 111 cm³/mol. The molecule has 5 rings (SSSR count). The van der Waals surface area contributed by atoms with Crippen LogP contribution in [0.15, 0.2) is 18.6 Å². The summed E-state index contributed by atoms with van der Waals surface area (Å²) in [7, 11) is 0. The van der Waals surface area contributed by atoms with Gasteiger partial charge in [0.1, 0.15) is 12.1 Å². The molecular weight excluding hydrogens is 382 g/mol. The van der Waals surface area contributed by atoms with E-state index in [1.165, 1.54) is 12.8 Å². The van der Waals surface area contributed by atoms with Crippen LogP contribution >= 0.6 is 0 Å². The number of likely N-dealkylation sites (tertiary alicyclic amines) is 2. The highest BCUT2D eigenvalue weighted by Crippen LogP contribution is 2.35. The molecule has 4 fully saturated rings. The zero-order valence-corrected chi connectivity index (χ0v) is 17.5. The maximum Gasteiger partial charge on any atom is 0.227 e. The normalized spacial score (nSPS) is 26.3. The molecule has 30 heavy (non-hydrogen) atoms. The summed E-state index contributed by atoms with van der Waals surface area (Å²) in [6.07, 6.45) is 9.90. The molecule has 4 heterocycles. The van der Waals surface area contributed by atoms with Gasteiger partial charge in [0.25, 0.3) is 0 Å². The monoisotopic (exact) mass is 413 g/mol. The van der Waals surface area contributed by atoms with Gasteiger partial charge in [-0.3, -0.25) is 9.59 Å². The molecule has 1 aromatic rings. The standard InChI is InChI=1S/C22H31N5O3/c28-21-13-16(14-26(21)17-6-11-30-12-7-17)22(29)25-9-4-19(5-10-25)27(18-1-2-18)20-3-8-23-15-24-20/h3,8,15-19H,1-2,4-7,9-14H2. The van der Waals surface area contributed by atoms with Crippen LogP contribution < -0.4 is 4.90 Å². The van der Waals surface area contributed by atoms with Crippen LogP contribution in [0.3, 0.4) is 0 Å². The zero-order chi connectivity index (χ0) is 20.5. The van der Waals surface area contributed by atoms with Crippen LogP contribution in [-0.2, 0) is 14.3 Å². The third kappa shape index (κ3) is 4.02. The van der Waals surface area contributed by atoms with Gasteiger partial charge in [-0.05, 0) is 44.6 Å². The van der Waals surface area contributed by atoms with Crippen molar-refractivity contribution in [3.8, 4) is 0 Å². The summed E-state index contributed by atoms with van der Waals surface area (Å²) in [5.41, 5.74) is 0. The maximum atomic E-state index is 13.2. The van der Waals surface area contributed by atoms with Crippen molar-refractivity contribution in [2.45, 2.75) is 63.1 Å². The van der Waals surface area contributed by atoms with Gasteiger partial charge in [-0.15, -0.1) is 0 Å². The first-order chi connectivity index (χ1) is 14.7. The zero-order valence-electron chi connectivity index (χ0n) is 17.5. The first kappa shape index (κ1) is 19.7. The van der Waals surface area contributed by atoms with Crippen molar-refractivity contribution in [1.29, 1.82) is 0 Å². The summed E-state index contributed by atoms with van der Waals surface area (Å²) in [6, 6.07) is 3.23. The summed E-state index contributed by atoms with van der Waals surface area (Å²) in [5.74, 6) is 1.12. The smallest absolute Gasteiger partial charge is 0.227 e. The fraction of sp³-hybridized carbons (Fsp3) is 0.727. The van der Waals surface area contributed by atoms with Gasteiger partial charge in [0.15, 0.2) is 0 Å². The van der Waals surface area contributed by atoms with Gasteiger partial charge in [-0.2, -0.15) is 0 Å². The molecule has 4 aliphatic rings. The number of aromatic nitrogens is 2. The quantitative estimate of drug-likeness (QED) is 0.727. The lowest BCUT2D eigenvalue weighted by Gasteiger charge is -2.40. The average Bonchev–Trinajstić information content (AvgIpc) is 3.55. The number of hydrogen-bond donors (Lipinski definition) is 0. The molecule has 8 nitrogen and oxygen atoms in total. The van der Waals surface area contributed by atoms with Crippen molar-refractivity contribution < 1.29 is 14.3 Å². The van der Waals surface area contributed by atoms with Gasteiger partial charge in [0.05, 0.1) is 5.92 Å². The molecule has 3 aliphatic heterocycles. The summed E-state index contributed by atoms with van der Waals surface area (Å²) in [5, 5.41) is 0. The minimum Gasteiger partial charge on any atom is -0.381 e. The maximum absolute atomic E-state index is 13.2. The molecule has 1 saturated carbocycles. The lowest BCUT2D eigenvalue weighted by molar-refractivity contribution is -0.136. The Hall–Kier alpha value is -2.22. The van der Waals surface area contributed by atoms with Crippen LogP contribution in [0.1, 0.15) is 44.9 Å². The summed E-state index contributed by atoms with van der Waals surface area (Å²) in [4.78, 5) is 40.6. The molecule has 1 aliphatic carbocycles. The van der Waals surface area contributed by atoms with E-state index in [4.69, 9.17) is 4.74 Å². The van der Waals surface area contributed by atoms with E-state index < -0.39 is 0 Å². The Morgan fingerprint density at radius 2 is 1.80 bits per heavy atom. The van der Waals surface area contributed by atoms with Gasteiger partial charge < -0.3 is 19.4 Å². The van der Waals surface area contributed by atoms with Gasteiger partial charge in [-0.25, -0.2) is 9.97 Å². The first-order valence-corrected chi connectivity index (χ1v) is 11.4. The molecular formula is C22H31N5O3. The molecule has 0 radical (unpaired) electrons. The molecule has 3 saturated heterocycles. The number of ether oxygens (including phenoxy) is 1. The van der Waals surface area contributed by atoms with Crippen LogP contribution in [0.4, 0.5) is 5.82 Å². The van der Waals surface area contributed by atoms with Crippen molar-refractivity contribution in [3.63, 3.8) is 0 Å². The third-order valence-corrected chi connectivity index (χ3v) is 7.08. The highest BCUT2D eigenvalue weighted by molar-refractivity contribution is 5.89. The van der Waals surface area contributed by atoms with Crippen LogP contribution in [0, 0.1) is 5.92 Å². The minimum absolute atomic E-state index is 0.138. The van der Waals surface area contributed by atoms with Crippen molar-refractivity contribution in [2.75, 3.05) is 37.7 Å². The van der Waals surface area contributed by atoms with Crippen LogP contribution in [0.25, 0.3) is 0 Å². The van der Waals surface area contributed by atoms with Crippen molar-refractivity contribution in [3.05, 3.63) is 18.6 Å². The first-order valence-electron chi connectivity index (χ1n) is 11.4. The molecule has 1 aromatic heterocycles. The number of rotatable bonds is 5. The Bertz CT molecular complexity index is 757. The van der Waals surface area contributed by atoms with Crippen molar-refractivity contribution in [2.24, 2.45) is 5.92 Å². The van der Waals surface area contributed by atoms with E-state index in [9.17, 15) is 9.59 Å². The molecule has 2 amide bonds. The lowest BCUT2D eigenvalue weighted by atomic mass is 9.99. The molecule has 0 spiro atoms. The van der Waals surface area contributed by atoms with Crippen LogP contribution in [0.5, 0.6) is 0 Å². The van der Waals surface area contributed by atoms with E-state index in [-0.39, 0.29) is 23.8 Å². The number of carbonyl (C=O) groups excluding carboxylic acids is 2. The van der Waals surface area contributed by atoms with E-state index in [2.05, 4.69) is 14.9 Å². The van der Waals surface area contributed by atoms with E-state index >= 15 is 0 Å². The van der Waals surface area contributed by atoms with Crippen molar-refractivity contribution in [1.82, 2.24) is 19.8 Å². The Morgan fingerprint density at radius 1 is 1.07 bits per heavy atom. The summed E-state index contributed by atoms with van der Waals surface area (Å²) in [6.45, 7) is 3.53. The molecule has 1 unspecified atom stereocenters. The molecule has 8 heteroatoms. The van der Waals surface area contributed by atoms with E-state index in [0.29, 0.717) is 38.3 Å². The SMILES string of the molecule is O=C(C1CC(=O)N(C2CCOCC2)C1)N1CCC(N(c2ccncn2)C2CC2)CC1. The number of nitrogens with zero attached hydrogens (tertiary/aromatic N) is 5. The van der Waals surface area contributed by atoms with Gasteiger partial charge >= 0.3 is 0 Å². The van der Waals surface area contributed by atoms with E-state index in [1.54, 1.807) is 12.5 Å². The number of carbonyl (C=O) groups is 2. The third-order valence-electron chi connectivity index (χ3n) is 7.08. The second-order valence-electron chi connectivity index (χ2n) is 9.05. The minimum atomic E-state index is -0.182. The fourth-order valence-electron chi connectivity index (χ4n) is 5.33. The van der Waals surface area contributed by atoms with Crippen LogP contribution in [-0.4, -0.2) is 82.6 Å². The Balaban J connectivity index is 1.17. The second kappa shape index (κ2) is 8.49. The highest BCUT2D eigenvalue weighted by atomic mass is 16.5. The summed E-state index contributed by atoms with van der Waals surface area (Å²) < 4.78 is 5.42. The largest absolute Gasteiger partial charge is 0.381 e. The molecule has 162 valence electrons. The number of amides is 2. The second-order valence-corrected chi connectivity index (χ2v) is 9.05. The fourth-order valence-corrected chi connectivity index (χ4v) is 5.33. The Morgan fingerprint density at radius 3 is 2.47 bits per heavy atom. The summed E-state index contributed by atoms with van der Waals surface area (Å²) >= 11 is 0. The van der Waals surface area contributed by atoms with E-state index in [0.717, 1.165) is 44.6 Å². The van der Waals surface area contributed by atoms with Gasteiger partial charge in [0.2, 0.25) is 11.8 Å². The molecule has 0 N–H and O–H groups in total. The van der Waals surface area contributed by atoms with Crippen LogP contribution in [0.2, 0.25) is 0 Å². The lowest BCUT2D eigenvalue weighted by Crippen LogP contribution is -2.49. The molecule has 1 atom stereocenters. The molecule has 0 aromatic carbocycles. The van der Waals surface area contributed by atoms with Gasteiger partial charge in [0, 0.05) is 63.6 Å². The number of hydrogen-bond acceptors (Lipinski definition) is 6. The number of piperidine rings is 1. The van der Waals surface area contributed by atoms with Crippen molar-refractivity contribution >= 4 is 17.6 Å². The van der Waals surface area contributed by atoms with Gasteiger partial charge in [-0.1, -0.05) is 0 Å². The highest BCUT2D eigenvalue weighted by Gasteiger charge is 2.42. The Kier molecular flexibility index (Phi) is 5.58. The van der Waals surface area contributed by atoms with E-state index in [1.807, 2.05) is 15.9 Å². The Labute approximate surface area is 177 Å². The molecule has 0 bridgehead atoms. The average molecular weight is 414 g/mol. The predicted octanol–water partition coefficient (Wildman–Crippen LogP) is 1.46.